The fourth-order valence-corrected chi connectivity index (χ4v) is 3.09. The van der Waals surface area contributed by atoms with Crippen LogP contribution in [0.5, 0.6) is 0 Å². The Hall–Kier alpha value is -2.82. The van der Waals surface area contributed by atoms with E-state index in [1.54, 1.807) is 12.3 Å². The summed E-state index contributed by atoms with van der Waals surface area (Å²) >= 11 is 0. The predicted molar refractivity (Wildman–Crippen MR) is 106 cm³/mol. The molecule has 1 aliphatic rings. The van der Waals surface area contributed by atoms with Crippen LogP contribution >= 0.6 is 0 Å². The fraction of sp³-hybridized carbons (Fsp3) is 0.286. The van der Waals surface area contributed by atoms with E-state index in [0.29, 0.717) is 16.9 Å². The Kier molecular flexibility index (Phi) is 5.56. The largest absolute Gasteiger partial charge is 0.369 e. The molecule has 0 aromatic heterocycles. The molecule has 26 heavy (non-hydrogen) atoms. The average molecular weight is 353 g/mol. The Bertz CT molecular complexity index is 832. The average Bonchev–Trinajstić information content (AvgIpc) is 2.97. The van der Waals surface area contributed by atoms with Gasteiger partial charge in [-0.2, -0.15) is 0 Å². The van der Waals surface area contributed by atoms with Crippen molar-refractivity contribution in [3.8, 4) is 0 Å². The number of nitrogens with one attached hydrogen (secondary N) is 2. The number of hydrogen-bond donors (Lipinski definition) is 2. The van der Waals surface area contributed by atoms with Gasteiger partial charge >= 0.3 is 0 Å². The smallest absolute Gasteiger partial charge is 0.257 e. The number of halogens is 1. The molecule has 0 saturated carbocycles. The third-order valence-corrected chi connectivity index (χ3v) is 4.54. The van der Waals surface area contributed by atoms with Crippen LogP contribution in [-0.4, -0.2) is 19.0 Å². The number of amides is 1. The number of anilines is 3. The van der Waals surface area contributed by atoms with E-state index in [2.05, 4.69) is 17.6 Å². The standard InChI is InChI=1S/C21H24FN3O/c1-3-5-12-25(4-2)20-11-10-15(13-18(20)22)23-14-17-16-8-6-7-9-19(16)24-21(17)26/h6-11,13-14,23H,3-5,12H2,1-2H3,(H,24,26). The zero-order chi connectivity index (χ0) is 18.5. The number of fused-ring (bicyclic) bond motifs is 1. The number of hydrogen-bond acceptors (Lipinski definition) is 3. The molecule has 1 aliphatic heterocycles. The lowest BCUT2D eigenvalue weighted by atomic mass is 10.1. The summed E-state index contributed by atoms with van der Waals surface area (Å²) in [6.07, 6.45) is 3.74. The minimum absolute atomic E-state index is 0.160. The molecule has 1 heterocycles. The molecular weight excluding hydrogens is 329 g/mol. The molecule has 136 valence electrons. The van der Waals surface area contributed by atoms with Crippen molar-refractivity contribution in [1.82, 2.24) is 0 Å². The first-order chi connectivity index (χ1) is 12.6. The highest BCUT2D eigenvalue weighted by Gasteiger charge is 2.23. The van der Waals surface area contributed by atoms with E-state index < -0.39 is 0 Å². The third kappa shape index (κ3) is 3.72. The third-order valence-electron chi connectivity index (χ3n) is 4.54. The summed E-state index contributed by atoms with van der Waals surface area (Å²) in [4.78, 5) is 14.1. The lowest BCUT2D eigenvalue weighted by Crippen LogP contribution is -2.24. The Morgan fingerprint density at radius 3 is 2.73 bits per heavy atom. The van der Waals surface area contributed by atoms with Crippen molar-refractivity contribution in [2.24, 2.45) is 0 Å². The maximum Gasteiger partial charge on any atom is 0.257 e. The van der Waals surface area contributed by atoms with Gasteiger partial charge in [0.15, 0.2) is 0 Å². The van der Waals surface area contributed by atoms with Crippen LogP contribution in [0.15, 0.2) is 48.7 Å². The van der Waals surface area contributed by atoms with Crippen LogP contribution < -0.4 is 15.5 Å². The Labute approximate surface area is 153 Å². The first kappa shape index (κ1) is 18.0. The summed E-state index contributed by atoms with van der Waals surface area (Å²) in [5.74, 6) is -0.421. The van der Waals surface area contributed by atoms with Crippen LogP contribution in [0, 0.1) is 5.82 Å². The van der Waals surface area contributed by atoms with Crippen molar-refractivity contribution < 1.29 is 9.18 Å². The van der Waals surface area contributed by atoms with Crippen LogP contribution in [-0.2, 0) is 4.79 Å². The minimum atomic E-state index is -0.261. The van der Waals surface area contributed by atoms with E-state index in [0.717, 1.165) is 37.2 Å². The van der Waals surface area contributed by atoms with Gasteiger partial charge in [0.25, 0.3) is 5.91 Å². The summed E-state index contributed by atoms with van der Waals surface area (Å²) in [6, 6.07) is 12.6. The van der Waals surface area contributed by atoms with E-state index in [1.807, 2.05) is 42.2 Å². The van der Waals surface area contributed by atoms with Gasteiger partial charge in [0, 0.05) is 36.2 Å². The van der Waals surface area contributed by atoms with Crippen LogP contribution in [0.25, 0.3) is 5.57 Å². The van der Waals surface area contributed by atoms with Gasteiger partial charge in [0.05, 0.1) is 11.3 Å². The quantitative estimate of drug-likeness (QED) is 0.699. The monoisotopic (exact) mass is 353 g/mol. The van der Waals surface area contributed by atoms with E-state index >= 15 is 0 Å². The topological polar surface area (TPSA) is 44.4 Å². The summed E-state index contributed by atoms with van der Waals surface area (Å²) in [7, 11) is 0. The van der Waals surface area contributed by atoms with Crippen molar-refractivity contribution in [2.75, 3.05) is 28.6 Å². The second-order valence-corrected chi connectivity index (χ2v) is 6.30. The highest BCUT2D eigenvalue weighted by atomic mass is 19.1. The van der Waals surface area contributed by atoms with E-state index in [4.69, 9.17) is 0 Å². The van der Waals surface area contributed by atoms with Crippen LogP contribution in [0.2, 0.25) is 0 Å². The number of para-hydroxylation sites is 1. The van der Waals surface area contributed by atoms with Gasteiger partial charge < -0.3 is 15.5 Å². The highest BCUT2D eigenvalue weighted by molar-refractivity contribution is 6.31. The van der Waals surface area contributed by atoms with Crippen LogP contribution in [0.4, 0.5) is 21.5 Å². The molecule has 5 heteroatoms. The number of carbonyl (C=O) groups excluding carboxylic acids is 1. The van der Waals surface area contributed by atoms with E-state index in [9.17, 15) is 9.18 Å². The van der Waals surface area contributed by atoms with Crippen molar-refractivity contribution in [2.45, 2.75) is 26.7 Å². The molecule has 0 fully saturated rings. The number of carbonyl (C=O) groups is 1. The molecule has 0 bridgehead atoms. The van der Waals surface area contributed by atoms with Gasteiger partial charge in [-0.15, -0.1) is 0 Å². The van der Waals surface area contributed by atoms with Gasteiger partial charge in [0.1, 0.15) is 5.82 Å². The Morgan fingerprint density at radius 1 is 1.19 bits per heavy atom. The first-order valence-electron chi connectivity index (χ1n) is 9.06. The molecule has 1 amide bonds. The fourth-order valence-electron chi connectivity index (χ4n) is 3.09. The number of benzene rings is 2. The van der Waals surface area contributed by atoms with Gasteiger partial charge in [-0.05, 0) is 37.6 Å². The maximum absolute atomic E-state index is 14.5. The molecule has 2 aromatic rings. The molecule has 0 aliphatic carbocycles. The molecule has 3 rings (SSSR count). The molecule has 0 atom stereocenters. The normalized spacial score (nSPS) is 14.3. The highest BCUT2D eigenvalue weighted by Crippen LogP contribution is 2.31. The number of rotatable bonds is 7. The molecule has 0 spiro atoms. The molecule has 2 aromatic carbocycles. The summed E-state index contributed by atoms with van der Waals surface area (Å²) in [5, 5.41) is 5.86. The zero-order valence-corrected chi connectivity index (χ0v) is 15.2. The lowest BCUT2D eigenvalue weighted by Gasteiger charge is -2.23. The predicted octanol–water partition coefficient (Wildman–Crippen LogP) is 4.86. The van der Waals surface area contributed by atoms with Gasteiger partial charge in [-0.3, -0.25) is 4.79 Å². The molecule has 0 saturated heterocycles. The van der Waals surface area contributed by atoms with Crippen LogP contribution in [0.3, 0.4) is 0 Å². The van der Waals surface area contributed by atoms with Gasteiger partial charge in [-0.25, -0.2) is 4.39 Å². The molecule has 2 N–H and O–H groups in total. The van der Waals surface area contributed by atoms with Crippen molar-refractivity contribution in [3.05, 3.63) is 60.0 Å². The van der Waals surface area contributed by atoms with Crippen LogP contribution in [0.1, 0.15) is 32.3 Å². The number of unbranched alkanes of at least 4 members (excludes halogenated alkanes) is 1. The van der Waals surface area contributed by atoms with Gasteiger partial charge in [0.2, 0.25) is 0 Å². The summed E-state index contributed by atoms with van der Waals surface area (Å²) < 4.78 is 14.5. The summed E-state index contributed by atoms with van der Waals surface area (Å²) in [5.41, 5.74) is 3.41. The Balaban J connectivity index is 1.77. The van der Waals surface area contributed by atoms with E-state index in [-0.39, 0.29) is 11.7 Å². The first-order valence-corrected chi connectivity index (χ1v) is 9.06. The minimum Gasteiger partial charge on any atom is -0.369 e. The molecular formula is C21H24FN3O. The maximum atomic E-state index is 14.5. The van der Waals surface area contributed by atoms with Crippen molar-refractivity contribution in [1.29, 1.82) is 0 Å². The summed E-state index contributed by atoms with van der Waals surface area (Å²) in [6.45, 7) is 5.77. The number of nitrogens with zero attached hydrogens (tertiary/aromatic N) is 1. The van der Waals surface area contributed by atoms with Crippen molar-refractivity contribution >= 4 is 28.5 Å². The second-order valence-electron chi connectivity index (χ2n) is 6.30. The zero-order valence-electron chi connectivity index (χ0n) is 15.2. The SMILES string of the molecule is CCCCN(CC)c1ccc(NC=C2C(=O)Nc3ccccc32)cc1F. The molecule has 0 radical (unpaired) electrons. The van der Waals surface area contributed by atoms with E-state index in [1.165, 1.54) is 6.07 Å². The van der Waals surface area contributed by atoms with Gasteiger partial charge in [-0.1, -0.05) is 31.5 Å². The molecule has 4 nitrogen and oxygen atoms in total. The second kappa shape index (κ2) is 8.04. The van der Waals surface area contributed by atoms with Crippen molar-refractivity contribution in [3.63, 3.8) is 0 Å². The lowest BCUT2D eigenvalue weighted by molar-refractivity contribution is -0.110. The Morgan fingerprint density at radius 2 is 2.00 bits per heavy atom. The molecule has 0 unspecified atom stereocenters.